The molecule has 7 nitrogen and oxygen atoms in total. The van der Waals surface area contributed by atoms with Crippen LogP contribution < -0.4 is 10.9 Å². The molecule has 0 spiro atoms. The van der Waals surface area contributed by atoms with Crippen LogP contribution in [0.1, 0.15) is 43.5 Å². The molecule has 3 aliphatic rings. The summed E-state index contributed by atoms with van der Waals surface area (Å²) >= 11 is 0. The van der Waals surface area contributed by atoms with Gasteiger partial charge in [0.1, 0.15) is 0 Å². The Morgan fingerprint density at radius 3 is 2.58 bits per heavy atom. The van der Waals surface area contributed by atoms with Gasteiger partial charge in [0.25, 0.3) is 5.56 Å². The Bertz CT molecular complexity index is 1150. The fourth-order valence-electron chi connectivity index (χ4n) is 5.49. The summed E-state index contributed by atoms with van der Waals surface area (Å²) in [5.74, 6) is -0.926. The Labute approximate surface area is 192 Å². The molecule has 172 valence electrons. The fourth-order valence-corrected chi connectivity index (χ4v) is 5.49. The van der Waals surface area contributed by atoms with Gasteiger partial charge in [-0.2, -0.15) is 0 Å². The maximum atomic E-state index is 13.5. The van der Waals surface area contributed by atoms with E-state index in [1.165, 1.54) is 0 Å². The van der Waals surface area contributed by atoms with Crippen molar-refractivity contribution in [2.24, 2.45) is 17.8 Å². The van der Waals surface area contributed by atoms with Crippen LogP contribution in [0.4, 0.5) is 5.69 Å². The fraction of sp³-hybridized carbons (Fsp3) is 0.423. The number of allylic oxidation sites excluding steroid dienone is 1. The third-order valence-corrected chi connectivity index (χ3v) is 7.21. The van der Waals surface area contributed by atoms with Gasteiger partial charge in [0.2, 0.25) is 11.8 Å². The first-order valence-corrected chi connectivity index (χ1v) is 11.7. The monoisotopic (exact) mass is 447 g/mol. The van der Waals surface area contributed by atoms with Gasteiger partial charge in [-0.15, -0.1) is 0 Å². The van der Waals surface area contributed by atoms with E-state index in [0.717, 1.165) is 12.8 Å². The zero-order valence-electron chi connectivity index (χ0n) is 18.7. The molecule has 1 saturated carbocycles. The summed E-state index contributed by atoms with van der Waals surface area (Å²) in [5, 5.41) is 13.3. The summed E-state index contributed by atoms with van der Waals surface area (Å²) in [6, 6.07) is 11.8. The van der Waals surface area contributed by atoms with Crippen LogP contribution in [-0.4, -0.2) is 39.0 Å². The van der Waals surface area contributed by atoms with Crippen LogP contribution in [0.2, 0.25) is 0 Å². The second kappa shape index (κ2) is 8.63. The van der Waals surface area contributed by atoms with Crippen molar-refractivity contribution in [2.45, 2.75) is 44.8 Å². The summed E-state index contributed by atoms with van der Waals surface area (Å²) in [7, 11) is 0. The number of hydrogen-bond acceptors (Lipinski definition) is 4. The topological polar surface area (TPSA) is 91.6 Å². The van der Waals surface area contributed by atoms with Crippen LogP contribution in [0.5, 0.6) is 0 Å². The highest BCUT2D eigenvalue weighted by Gasteiger charge is 2.57. The minimum atomic E-state index is -0.649. The number of carbonyl (C=O) groups is 2. The van der Waals surface area contributed by atoms with Crippen LogP contribution in [0.25, 0.3) is 6.08 Å². The van der Waals surface area contributed by atoms with E-state index in [1.807, 2.05) is 49.4 Å². The number of fused-ring (bicyclic) bond motifs is 4. The molecule has 2 bridgehead atoms. The number of benzene rings is 1. The Morgan fingerprint density at radius 1 is 1.15 bits per heavy atom. The highest BCUT2D eigenvalue weighted by atomic mass is 16.3. The second-order valence-electron chi connectivity index (χ2n) is 9.32. The molecule has 3 heterocycles. The average molecular weight is 448 g/mol. The predicted octanol–water partition coefficient (Wildman–Crippen LogP) is 2.81. The number of nitrogens with one attached hydrogen (secondary N) is 1. The summed E-state index contributed by atoms with van der Waals surface area (Å²) in [6.07, 6.45) is 6.15. The minimum Gasteiger partial charge on any atom is -0.396 e. The SMILES string of the molecule is C/C=C\c1ccc2n(c1=O)C[C@@H]1[C@@H](CO)[C@H](C(=O)Nc3ccccc3)[C@H]2N1C(=O)CC1CC1. The molecule has 1 aromatic heterocycles. The summed E-state index contributed by atoms with van der Waals surface area (Å²) in [6.45, 7) is 1.91. The van der Waals surface area contributed by atoms with Crippen molar-refractivity contribution in [2.75, 3.05) is 11.9 Å². The number of nitrogens with zero attached hydrogens (tertiary/aromatic N) is 2. The molecule has 1 saturated heterocycles. The lowest BCUT2D eigenvalue weighted by molar-refractivity contribution is -0.137. The first kappa shape index (κ1) is 21.6. The average Bonchev–Trinajstić information content (AvgIpc) is 3.59. The molecule has 7 heteroatoms. The predicted molar refractivity (Wildman–Crippen MR) is 125 cm³/mol. The van der Waals surface area contributed by atoms with E-state index in [-0.39, 0.29) is 30.5 Å². The van der Waals surface area contributed by atoms with Crippen LogP contribution in [0.3, 0.4) is 0 Å². The highest BCUT2D eigenvalue weighted by Crippen LogP contribution is 2.49. The molecule has 1 aromatic carbocycles. The van der Waals surface area contributed by atoms with Gasteiger partial charge >= 0.3 is 0 Å². The van der Waals surface area contributed by atoms with Crippen LogP contribution in [0.15, 0.2) is 53.3 Å². The molecule has 2 N–H and O–H groups in total. The van der Waals surface area contributed by atoms with Gasteiger partial charge in [0.15, 0.2) is 0 Å². The minimum absolute atomic E-state index is 0.0113. The second-order valence-corrected chi connectivity index (χ2v) is 9.32. The van der Waals surface area contributed by atoms with Crippen molar-refractivity contribution >= 4 is 23.6 Å². The summed E-state index contributed by atoms with van der Waals surface area (Å²) in [4.78, 5) is 41.9. The number of rotatable bonds is 6. The first-order chi connectivity index (χ1) is 16.0. The standard InChI is InChI=1S/C26H29N3O4/c1-2-6-17-11-12-20-24-23(25(32)27-18-7-4-3-5-8-18)19(15-30)21(14-28(20)26(17)33)29(24)22(31)13-16-9-10-16/h2-8,11-12,16,19,21,23-24,30H,9-10,13-15H2,1H3,(H,27,32)/b6-2-/t19-,21-,23+,24+/m1/s1. The normalized spacial score (nSPS) is 25.8. The Hall–Kier alpha value is -3.19. The largest absolute Gasteiger partial charge is 0.396 e. The molecule has 2 aliphatic heterocycles. The Balaban J connectivity index is 1.58. The molecule has 2 fully saturated rings. The van der Waals surface area contributed by atoms with Gasteiger partial charge < -0.3 is 19.9 Å². The van der Waals surface area contributed by atoms with E-state index in [4.69, 9.17) is 0 Å². The number of aliphatic hydroxyl groups excluding tert-OH is 1. The Morgan fingerprint density at radius 2 is 1.91 bits per heavy atom. The van der Waals surface area contributed by atoms with E-state index in [1.54, 1.807) is 21.6 Å². The van der Waals surface area contributed by atoms with Gasteiger partial charge in [-0.05, 0) is 49.9 Å². The zero-order chi connectivity index (χ0) is 23.1. The van der Waals surface area contributed by atoms with Gasteiger partial charge in [0, 0.05) is 42.4 Å². The van der Waals surface area contributed by atoms with Crippen molar-refractivity contribution in [3.8, 4) is 0 Å². The quantitative estimate of drug-likeness (QED) is 0.712. The van der Waals surface area contributed by atoms with Crippen molar-refractivity contribution in [3.05, 3.63) is 70.2 Å². The van der Waals surface area contributed by atoms with Crippen molar-refractivity contribution < 1.29 is 14.7 Å². The molecule has 0 radical (unpaired) electrons. The van der Waals surface area contributed by atoms with Crippen molar-refractivity contribution in [1.82, 2.24) is 9.47 Å². The molecule has 2 aromatic rings. The van der Waals surface area contributed by atoms with Gasteiger partial charge in [-0.25, -0.2) is 0 Å². The lowest BCUT2D eigenvalue weighted by atomic mass is 9.86. The van der Waals surface area contributed by atoms with E-state index >= 15 is 0 Å². The number of amides is 2. The molecule has 1 aliphatic carbocycles. The Kier molecular flexibility index (Phi) is 5.66. The highest BCUT2D eigenvalue weighted by molar-refractivity contribution is 5.94. The first-order valence-electron chi connectivity index (χ1n) is 11.7. The van der Waals surface area contributed by atoms with Gasteiger partial charge in [0.05, 0.1) is 18.0 Å². The lowest BCUT2D eigenvalue weighted by Crippen LogP contribution is -2.49. The maximum Gasteiger partial charge on any atom is 0.258 e. The third kappa shape index (κ3) is 3.80. The summed E-state index contributed by atoms with van der Waals surface area (Å²) in [5.41, 5.74) is 1.77. The number of aliphatic hydroxyl groups is 1. The lowest BCUT2D eigenvalue weighted by Gasteiger charge is -2.38. The number of para-hydroxylation sites is 1. The van der Waals surface area contributed by atoms with Gasteiger partial charge in [-0.1, -0.05) is 30.4 Å². The molecule has 5 rings (SSSR count). The van der Waals surface area contributed by atoms with E-state index < -0.39 is 23.9 Å². The number of hydrogen-bond donors (Lipinski definition) is 2. The van der Waals surface area contributed by atoms with E-state index in [9.17, 15) is 19.5 Å². The number of aromatic nitrogens is 1. The number of anilines is 1. The molecule has 2 amide bonds. The zero-order valence-corrected chi connectivity index (χ0v) is 18.7. The van der Waals surface area contributed by atoms with Crippen LogP contribution in [-0.2, 0) is 16.1 Å². The molecule has 4 atom stereocenters. The molecule has 33 heavy (non-hydrogen) atoms. The van der Waals surface area contributed by atoms with Crippen LogP contribution >= 0.6 is 0 Å². The molecular formula is C26H29N3O4. The van der Waals surface area contributed by atoms with E-state index in [2.05, 4.69) is 5.32 Å². The third-order valence-electron chi connectivity index (χ3n) is 7.21. The molecular weight excluding hydrogens is 418 g/mol. The van der Waals surface area contributed by atoms with Crippen LogP contribution in [0, 0.1) is 17.8 Å². The van der Waals surface area contributed by atoms with Crippen molar-refractivity contribution in [3.63, 3.8) is 0 Å². The number of carbonyl (C=O) groups excluding carboxylic acids is 2. The van der Waals surface area contributed by atoms with Gasteiger partial charge in [-0.3, -0.25) is 14.4 Å². The smallest absolute Gasteiger partial charge is 0.258 e. The van der Waals surface area contributed by atoms with Crippen molar-refractivity contribution in [1.29, 1.82) is 0 Å². The maximum absolute atomic E-state index is 13.5. The van der Waals surface area contributed by atoms with E-state index in [0.29, 0.717) is 29.3 Å². The number of pyridine rings is 1. The molecule has 0 unspecified atom stereocenters. The summed E-state index contributed by atoms with van der Waals surface area (Å²) < 4.78 is 1.70.